The van der Waals surface area contributed by atoms with Crippen LogP contribution in [0.3, 0.4) is 0 Å². The second-order valence-corrected chi connectivity index (χ2v) is 2.77. The summed E-state index contributed by atoms with van der Waals surface area (Å²) in [5, 5.41) is 10.4. The Hall–Kier alpha value is -1.60. The van der Waals surface area contributed by atoms with Crippen LogP contribution in [-0.2, 0) is 6.54 Å². The van der Waals surface area contributed by atoms with Gasteiger partial charge in [0.15, 0.2) is 0 Å². The molecule has 0 aliphatic heterocycles. The summed E-state index contributed by atoms with van der Waals surface area (Å²) < 4.78 is 0. The Labute approximate surface area is 79.7 Å². The number of nitrogens with zero attached hydrogens (tertiary/aromatic N) is 2. The molecular formula is C8H5ClN2O2. The van der Waals surface area contributed by atoms with Crippen LogP contribution in [0.1, 0.15) is 5.56 Å². The van der Waals surface area contributed by atoms with Gasteiger partial charge in [0.25, 0.3) is 5.69 Å². The van der Waals surface area contributed by atoms with E-state index in [4.69, 9.17) is 18.2 Å². The van der Waals surface area contributed by atoms with Crippen LogP contribution in [0.25, 0.3) is 4.85 Å². The number of nitro groups is 1. The van der Waals surface area contributed by atoms with E-state index >= 15 is 0 Å². The molecule has 0 unspecified atom stereocenters. The van der Waals surface area contributed by atoms with Crippen LogP contribution in [0.4, 0.5) is 5.69 Å². The van der Waals surface area contributed by atoms with Gasteiger partial charge in [0.2, 0.25) is 6.54 Å². The molecule has 0 bridgehead atoms. The SMILES string of the molecule is [C-]#[N+]Cc1ccc([N+](=O)[O-])c(Cl)c1. The molecule has 0 amide bonds. The molecule has 0 aromatic heterocycles. The minimum absolute atomic E-state index is 0.0751. The van der Waals surface area contributed by atoms with Gasteiger partial charge < -0.3 is 4.85 Å². The molecule has 0 spiro atoms. The first-order valence-corrected chi connectivity index (χ1v) is 3.79. The van der Waals surface area contributed by atoms with E-state index in [-0.39, 0.29) is 17.3 Å². The molecule has 0 fully saturated rings. The molecule has 0 atom stereocenters. The van der Waals surface area contributed by atoms with Gasteiger partial charge in [-0.15, -0.1) is 0 Å². The van der Waals surface area contributed by atoms with Gasteiger partial charge in [-0.3, -0.25) is 10.1 Å². The van der Waals surface area contributed by atoms with E-state index < -0.39 is 4.92 Å². The van der Waals surface area contributed by atoms with Crippen molar-refractivity contribution in [2.75, 3.05) is 0 Å². The number of nitro benzene ring substituents is 1. The van der Waals surface area contributed by atoms with Crippen LogP contribution in [0, 0.1) is 16.7 Å². The van der Waals surface area contributed by atoms with Crippen LogP contribution < -0.4 is 0 Å². The van der Waals surface area contributed by atoms with Crippen LogP contribution in [0.15, 0.2) is 18.2 Å². The maximum atomic E-state index is 10.4. The Morgan fingerprint density at radius 1 is 1.62 bits per heavy atom. The van der Waals surface area contributed by atoms with Crippen molar-refractivity contribution in [2.45, 2.75) is 6.54 Å². The third kappa shape index (κ3) is 2.17. The van der Waals surface area contributed by atoms with E-state index in [1.54, 1.807) is 0 Å². The minimum atomic E-state index is -0.552. The van der Waals surface area contributed by atoms with Crippen molar-refractivity contribution >= 4 is 17.3 Å². The highest BCUT2D eigenvalue weighted by Gasteiger charge is 2.12. The summed E-state index contributed by atoms with van der Waals surface area (Å²) >= 11 is 5.62. The van der Waals surface area contributed by atoms with Crippen LogP contribution in [0.5, 0.6) is 0 Å². The largest absolute Gasteiger partial charge is 0.312 e. The van der Waals surface area contributed by atoms with E-state index in [0.717, 1.165) is 0 Å². The van der Waals surface area contributed by atoms with Gasteiger partial charge >= 0.3 is 0 Å². The summed E-state index contributed by atoms with van der Waals surface area (Å²) in [5.41, 5.74) is 0.556. The lowest BCUT2D eigenvalue weighted by Crippen LogP contribution is -1.90. The number of halogens is 1. The molecule has 0 radical (unpaired) electrons. The lowest BCUT2D eigenvalue weighted by atomic mass is 10.2. The van der Waals surface area contributed by atoms with Crippen molar-refractivity contribution in [3.05, 3.63) is 50.3 Å². The van der Waals surface area contributed by atoms with E-state index in [1.165, 1.54) is 18.2 Å². The van der Waals surface area contributed by atoms with Gasteiger partial charge in [-0.2, -0.15) is 0 Å². The normalized spacial score (nSPS) is 9.23. The Morgan fingerprint density at radius 2 is 2.31 bits per heavy atom. The van der Waals surface area contributed by atoms with Gasteiger partial charge in [-0.05, 0) is 12.1 Å². The molecular weight excluding hydrogens is 192 g/mol. The Morgan fingerprint density at radius 3 is 2.77 bits per heavy atom. The van der Waals surface area contributed by atoms with Gasteiger partial charge in [0.05, 0.1) is 4.92 Å². The van der Waals surface area contributed by atoms with Crippen LogP contribution >= 0.6 is 11.6 Å². The third-order valence-corrected chi connectivity index (χ3v) is 1.77. The summed E-state index contributed by atoms with van der Waals surface area (Å²) in [6.07, 6.45) is 0. The van der Waals surface area contributed by atoms with Crippen LogP contribution in [0.2, 0.25) is 5.02 Å². The minimum Gasteiger partial charge on any atom is -0.312 e. The standard InChI is InChI=1S/C8H5ClN2O2/c1-10-5-6-2-3-8(11(12)13)7(9)4-6/h2-4H,5H2. The van der Waals surface area contributed by atoms with Crippen molar-refractivity contribution in [2.24, 2.45) is 0 Å². The highest BCUT2D eigenvalue weighted by Crippen LogP contribution is 2.25. The monoisotopic (exact) mass is 196 g/mol. The topological polar surface area (TPSA) is 47.5 Å². The lowest BCUT2D eigenvalue weighted by Gasteiger charge is -1.95. The third-order valence-electron chi connectivity index (χ3n) is 1.47. The van der Waals surface area contributed by atoms with E-state index in [1.807, 2.05) is 0 Å². The summed E-state index contributed by atoms with van der Waals surface area (Å²) in [6.45, 7) is 6.79. The molecule has 1 rings (SSSR count). The zero-order valence-electron chi connectivity index (χ0n) is 6.53. The number of benzene rings is 1. The van der Waals surface area contributed by atoms with Crippen molar-refractivity contribution in [1.29, 1.82) is 0 Å². The predicted octanol–water partition coefficient (Wildman–Crippen LogP) is 2.67. The Bertz CT molecular complexity index is 384. The predicted molar refractivity (Wildman–Crippen MR) is 48.4 cm³/mol. The second-order valence-electron chi connectivity index (χ2n) is 2.36. The summed E-state index contributed by atoms with van der Waals surface area (Å²) in [5.74, 6) is 0. The zero-order valence-corrected chi connectivity index (χ0v) is 7.28. The van der Waals surface area contributed by atoms with E-state index in [0.29, 0.717) is 5.56 Å². The molecule has 0 aliphatic rings. The van der Waals surface area contributed by atoms with Crippen molar-refractivity contribution in [1.82, 2.24) is 0 Å². The highest BCUT2D eigenvalue weighted by atomic mass is 35.5. The number of hydrogen-bond acceptors (Lipinski definition) is 2. The zero-order chi connectivity index (χ0) is 9.84. The molecule has 66 valence electrons. The molecule has 0 saturated carbocycles. The number of rotatable bonds is 2. The molecule has 13 heavy (non-hydrogen) atoms. The first kappa shape index (κ1) is 9.49. The number of hydrogen-bond donors (Lipinski definition) is 0. The molecule has 5 heteroatoms. The summed E-state index contributed by atoms with van der Waals surface area (Å²) in [4.78, 5) is 12.9. The Balaban J connectivity index is 3.07. The first-order valence-electron chi connectivity index (χ1n) is 3.41. The van der Waals surface area contributed by atoms with Gasteiger partial charge in [-0.25, -0.2) is 6.57 Å². The smallest absolute Gasteiger partial charge is 0.287 e. The average molecular weight is 197 g/mol. The second kappa shape index (κ2) is 3.87. The highest BCUT2D eigenvalue weighted by molar-refractivity contribution is 6.32. The molecule has 1 aromatic carbocycles. The van der Waals surface area contributed by atoms with E-state index in [9.17, 15) is 10.1 Å². The maximum Gasteiger partial charge on any atom is 0.287 e. The first-order chi connectivity index (χ1) is 6.15. The van der Waals surface area contributed by atoms with Crippen molar-refractivity contribution in [3.63, 3.8) is 0 Å². The molecule has 0 aliphatic carbocycles. The fraction of sp³-hybridized carbons (Fsp3) is 0.125. The van der Waals surface area contributed by atoms with Gasteiger partial charge in [0.1, 0.15) is 5.02 Å². The lowest BCUT2D eigenvalue weighted by molar-refractivity contribution is -0.384. The fourth-order valence-corrected chi connectivity index (χ4v) is 1.16. The molecule has 1 aromatic rings. The average Bonchev–Trinajstić information content (AvgIpc) is 2.04. The van der Waals surface area contributed by atoms with E-state index in [2.05, 4.69) is 4.85 Å². The molecule has 4 nitrogen and oxygen atoms in total. The van der Waals surface area contributed by atoms with Crippen molar-refractivity contribution in [3.8, 4) is 0 Å². The fourth-order valence-electron chi connectivity index (χ4n) is 0.888. The quantitative estimate of drug-likeness (QED) is 0.415. The van der Waals surface area contributed by atoms with Crippen LogP contribution in [-0.4, -0.2) is 4.92 Å². The molecule has 0 N–H and O–H groups in total. The maximum absolute atomic E-state index is 10.4. The Kier molecular flexibility index (Phi) is 2.83. The summed E-state index contributed by atoms with van der Waals surface area (Å²) in [6, 6.07) is 4.28. The van der Waals surface area contributed by atoms with Crippen molar-refractivity contribution < 1.29 is 4.92 Å². The van der Waals surface area contributed by atoms with Gasteiger partial charge in [-0.1, -0.05) is 11.6 Å². The summed E-state index contributed by atoms with van der Waals surface area (Å²) in [7, 11) is 0. The van der Waals surface area contributed by atoms with Gasteiger partial charge in [0, 0.05) is 11.6 Å². The molecule has 0 saturated heterocycles. The molecule has 0 heterocycles.